The zero-order valence-electron chi connectivity index (χ0n) is 14.7. The summed E-state index contributed by atoms with van der Waals surface area (Å²) in [6.07, 6.45) is 2.35. The quantitative estimate of drug-likeness (QED) is 0.452. The molecular formula is C17H23N3O2S3. The van der Waals surface area contributed by atoms with Gasteiger partial charge in [-0.2, -0.15) is 0 Å². The Hall–Kier alpha value is -1.25. The number of unbranched alkanes of at least 4 members (excludes halogenated alkanes) is 1. The lowest BCUT2D eigenvalue weighted by Crippen LogP contribution is -2.22. The van der Waals surface area contributed by atoms with Crippen LogP contribution in [0.25, 0.3) is 0 Å². The van der Waals surface area contributed by atoms with E-state index < -0.39 is 0 Å². The fourth-order valence-corrected chi connectivity index (χ4v) is 5.18. The topological polar surface area (TPSA) is 64.1 Å². The minimum Gasteiger partial charge on any atom is -0.494 e. The first-order valence-electron chi connectivity index (χ1n) is 8.29. The smallest absolute Gasteiger partial charge is 0.237 e. The van der Waals surface area contributed by atoms with Crippen molar-refractivity contribution in [1.29, 1.82) is 0 Å². The Bertz CT molecular complexity index is 661. The van der Waals surface area contributed by atoms with Crippen LogP contribution in [0.2, 0.25) is 0 Å². The fraction of sp³-hybridized carbons (Fsp3) is 0.471. The lowest BCUT2D eigenvalue weighted by molar-refractivity contribution is -0.115. The highest BCUT2D eigenvalue weighted by Crippen LogP contribution is 2.32. The molecule has 0 fully saturated rings. The number of carbonyl (C=O) groups is 1. The maximum absolute atomic E-state index is 12.3. The van der Waals surface area contributed by atoms with Crippen LogP contribution in [0.4, 0.5) is 5.69 Å². The number of nitrogens with zero attached hydrogens (tertiary/aromatic N) is 2. The summed E-state index contributed by atoms with van der Waals surface area (Å²) in [7, 11) is 0. The average molecular weight is 398 g/mol. The van der Waals surface area contributed by atoms with Crippen LogP contribution >= 0.6 is 34.9 Å². The summed E-state index contributed by atoms with van der Waals surface area (Å²) in [5, 5.41) is 11.0. The van der Waals surface area contributed by atoms with Gasteiger partial charge in [-0.1, -0.05) is 48.2 Å². The number of thioether (sulfide) groups is 2. The van der Waals surface area contributed by atoms with Crippen molar-refractivity contribution < 1.29 is 9.53 Å². The molecule has 8 heteroatoms. The number of amides is 1. The van der Waals surface area contributed by atoms with E-state index >= 15 is 0 Å². The molecule has 0 unspecified atom stereocenters. The predicted molar refractivity (Wildman–Crippen MR) is 107 cm³/mol. The summed E-state index contributed by atoms with van der Waals surface area (Å²) in [6.45, 7) is 6.61. The molecule has 0 radical (unpaired) electrons. The Balaban J connectivity index is 1.83. The predicted octanol–water partition coefficient (Wildman–Crippen LogP) is 4.95. The Labute approximate surface area is 161 Å². The van der Waals surface area contributed by atoms with E-state index in [1.54, 1.807) is 23.1 Å². The standard InChI is InChI=1S/C17H23N3O2S3/c1-4-6-11-23-16-19-20-17(25-16)24-12(3)15(21)18-13-7-9-14(10-8-13)22-5-2/h7-10,12H,4-6,11H2,1-3H3,(H,18,21)/t12-/m1/s1. The van der Waals surface area contributed by atoms with Gasteiger partial charge in [0.1, 0.15) is 5.75 Å². The van der Waals surface area contributed by atoms with Gasteiger partial charge < -0.3 is 10.1 Å². The Morgan fingerprint density at radius 1 is 1.24 bits per heavy atom. The van der Waals surface area contributed by atoms with Crippen molar-refractivity contribution in [2.24, 2.45) is 0 Å². The number of hydrogen-bond acceptors (Lipinski definition) is 7. The first kappa shape index (κ1) is 20.1. The van der Waals surface area contributed by atoms with Crippen molar-refractivity contribution >= 4 is 46.5 Å². The summed E-state index contributed by atoms with van der Waals surface area (Å²) < 4.78 is 7.19. The van der Waals surface area contributed by atoms with Crippen LogP contribution in [0, 0.1) is 0 Å². The summed E-state index contributed by atoms with van der Waals surface area (Å²) in [6, 6.07) is 7.38. The van der Waals surface area contributed by atoms with Crippen molar-refractivity contribution in [2.45, 2.75) is 47.5 Å². The van der Waals surface area contributed by atoms with Crippen molar-refractivity contribution in [3.05, 3.63) is 24.3 Å². The highest BCUT2D eigenvalue weighted by molar-refractivity contribution is 8.03. The molecule has 1 N–H and O–H groups in total. The molecular weight excluding hydrogens is 374 g/mol. The lowest BCUT2D eigenvalue weighted by Gasteiger charge is -2.11. The highest BCUT2D eigenvalue weighted by Gasteiger charge is 2.17. The number of hydrogen-bond donors (Lipinski definition) is 1. The van der Waals surface area contributed by atoms with Gasteiger partial charge in [-0.25, -0.2) is 0 Å². The van der Waals surface area contributed by atoms with Crippen LogP contribution in [0.5, 0.6) is 5.75 Å². The van der Waals surface area contributed by atoms with E-state index in [0.29, 0.717) is 6.61 Å². The maximum Gasteiger partial charge on any atom is 0.237 e. The van der Waals surface area contributed by atoms with Crippen LogP contribution < -0.4 is 10.1 Å². The zero-order chi connectivity index (χ0) is 18.1. The number of nitrogens with one attached hydrogen (secondary N) is 1. The Morgan fingerprint density at radius 2 is 1.96 bits per heavy atom. The molecule has 0 bridgehead atoms. The monoisotopic (exact) mass is 397 g/mol. The van der Waals surface area contributed by atoms with Gasteiger partial charge in [0.25, 0.3) is 0 Å². The number of aromatic nitrogens is 2. The van der Waals surface area contributed by atoms with Gasteiger partial charge in [-0.05, 0) is 44.5 Å². The number of anilines is 1. The van der Waals surface area contributed by atoms with Gasteiger partial charge in [-0.15, -0.1) is 10.2 Å². The zero-order valence-corrected chi connectivity index (χ0v) is 17.1. The number of ether oxygens (including phenoxy) is 1. The third-order valence-electron chi connectivity index (χ3n) is 3.19. The molecule has 1 heterocycles. The van der Waals surface area contributed by atoms with Crippen molar-refractivity contribution in [3.63, 3.8) is 0 Å². The van der Waals surface area contributed by atoms with E-state index in [1.165, 1.54) is 24.6 Å². The molecule has 0 aliphatic rings. The van der Waals surface area contributed by atoms with E-state index in [4.69, 9.17) is 4.74 Å². The molecule has 2 aromatic rings. The molecule has 0 spiro atoms. The van der Waals surface area contributed by atoms with Crippen LogP contribution in [0.1, 0.15) is 33.6 Å². The first-order chi connectivity index (χ1) is 12.1. The van der Waals surface area contributed by atoms with Gasteiger partial charge in [0, 0.05) is 11.4 Å². The van der Waals surface area contributed by atoms with Crippen LogP contribution in [0.15, 0.2) is 32.9 Å². The highest BCUT2D eigenvalue weighted by atomic mass is 32.2. The lowest BCUT2D eigenvalue weighted by atomic mass is 10.3. The summed E-state index contributed by atoms with van der Waals surface area (Å²) in [5.41, 5.74) is 0.758. The average Bonchev–Trinajstić information content (AvgIpc) is 3.04. The second kappa shape index (κ2) is 10.7. The number of carbonyl (C=O) groups excluding carboxylic acids is 1. The Kier molecular flexibility index (Phi) is 8.57. The molecule has 1 aromatic carbocycles. The van der Waals surface area contributed by atoms with E-state index in [9.17, 15) is 4.79 Å². The van der Waals surface area contributed by atoms with E-state index in [1.807, 2.05) is 38.1 Å². The van der Waals surface area contributed by atoms with Gasteiger partial charge in [0.15, 0.2) is 8.68 Å². The van der Waals surface area contributed by atoms with Crippen LogP contribution in [-0.4, -0.2) is 33.7 Å². The molecule has 136 valence electrons. The third-order valence-corrected chi connectivity index (χ3v) is 6.52. The summed E-state index contributed by atoms with van der Waals surface area (Å²) in [5.74, 6) is 1.80. The second-order valence-electron chi connectivity index (χ2n) is 5.24. The van der Waals surface area contributed by atoms with Crippen LogP contribution in [0.3, 0.4) is 0 Å². The molecule has 0 saturated carbocycles. The molecule has 25 heavy (non-hydrogen) atoms. The minimum absolute atomic E-state index is 0.0513. The summed E-state index contributed by atoms with van der Waals surface area (Å²) in [4.78, 5) is 12.3. The number of benzene rings is 1. The van der Waals surface area contributed by atoms with Crippen LogP contribution in [-0.2, 0) is 4.79 Å². The van der Waals surface area contributed by atoms with E-state index in [2.05, 4.69) is 22.4 Å². The molecule has 1 atom stereocenters. The molecule has 1 aromatic heterocycles. The van der Waals surface area contributed by atoms with Gasteiger partial charge in [-0.3, -0.25) is 4.79 Å². The fourth-order valence-electron chi connectivity index (χ4n) is 1.86. The van der Waals surface area contributed by atoms with Crippen molar-refractivity contribution in [3.8, 4) is 5.75 Å². The second-order valence-corrected chi connectivity index (χ2v) is 9.15. The molecule has 1 amide bonds. The molecule has 0 aliphatic carbocycles. The van der Waals surface area contributed by atoms with Crippen molar-refractivity contribution in [2.75, 3.05) is 17.7 Å². The Morgan fingerprint density at radius 3 is 2.64 bits per heavy atom. The van der Waals surface area contributed by atoms with Crippen molar-refractivity contribution in [1.82, 2.24) is 10.2 Å². The molecule has 0 saturated heterocycles. The first-order valence-corrected chi connectivity index (χ1v) is 11.0. The van der Waals surface area contributed by atoms with Gasteiger partial charge >= 0.3 is 0 Å². The molecule has 0 aliphatic heterocycles. The molecule has 5 nitrogen and oxygen atoms in total. The molecule has 2 rings (SSSR count). The van der Waals surface area contributed by atoms with E-state index in [0.717, 1.165) is 25.9 Å². The van der Waals surface area contributed by atoms with Gasteiger partial charge in [0.05, 0.1) is 11.9 Å². The maximum atomic E-state index is 12.3. The third kappa shape index (κ3) is 6.87. The normalized spacial score (nSPS) is 12.0. The van der Waals surface area contributed by atoms with Gasteiger partial charge in [0.2, 0.25) is 5.91 Å². The SMILES string of the molecule is CCCCSc1nnc(S[C@H](C)C(=O)Nc2ccc(OCC)cc2)s1. The largest absolute Gasteiger partial charge is 0.494 e. The van der Waals surface area contributed by atoms with E-state index in [-0.39, 0.29) is 11.2 Å². The summed E-state index contributed by atoms with van der Waals surface area (Å²) >= 11 is 4.72. The number of rotatable bonds is 10. The minimum atomic E-state index is -0.243.